The number of hydrogen-bond acceptors (Lipinski definition) is 7. The summed E-state index contributed by atoms with van der Waals surface area (Å²) >= 11 is 0. The van der Waals surface area contributed by atoms with E-state index in [1.807, 2.05) is 60.7 Å². The summed E-state index contributed by atoms with van der Waals surface area (Å²) < 4.78 is 12.1. The van der Waals surface area contributed by atoms with Gasteiger partial charge >= 0.3 is 12.1 Å². The number of ether oxygens (including phenoxy) is 2. The zero-order valence-corrected chi connectivity index (χ0v) is 19.1. The highest BCUT2D eigenvalue weighted by atomic mass is 16.6. The fraction of sp³-hybridized carbons (Fsp3) is 0.375. The van der Waals surface area contributed by atoms with Crippen molar-refractivity contribution in [3.8, 4) is 0 Å². The number of carbonyl (C=O) groups excluding carboxylic acids is 2. The highest BCUT2D eigenvalue weighted by Gasteiger charge is 2.22. The van der Waals surface area contributed by atoms with E-state index in [1.54, 1.807) is 20.8 Å². The average Bonchev–Trinajstić information content (AvgIpc) is 3.18. The topological polar surface area (TPSA) is 108 Å². The molecule has 1 aromatic heterocycles. The van der Waals surface area contributed by atoms with E-state index in [-0.39, 0.29) is 19.2 Å². The maximum absolute atomic E-state index is 12.4. The van der Waals surface area contributed by atoms with Gasteiger partial charge in [0.25, 0.3) is 0 Å². The van der Waals surface area contributed by atoms with Gasteiger partial charge < -0.3 is 14.8 Å². The first-order valence-corrected chi connectivity index (χ1v) is 10.8. The molecule has 0 aliphatic heterocycles. The van der Waals surface area contributed by atoms with Crippen molar-refractivity contribution >= 4 is 12.1 Å². The Labute approximate surface area is 193 Å². The lowest BCUT2D eigenvalue weighted by Gasteiger charge is -2.23. The first-order valence-electron chi connectivity index (χ1n) is 10.8. The van der Waals surface area contributed by atoms with Gasteiger partial charge in [-0.05, 0) is 48.7 Å². The second-order valence-corrected chi connectivity index (χ2v) is 8.64. The summed E-state index contributed by atoms with van der Waals surface area (Å²) in [7, 11) is 0. The molecule has 0 saturated carbocycles. The molecule has 0 fully saturated rings. The molecular formula is C24H29N5O4. The Bertz CT molecular complexity index is 1030. The molecule has 3 aromatic rings. The van der Waals surface area contributed by atoms with Crippen LogP contribution in [-0.2, 0) is 40.3 Å². The predicted octanol–water partition coefficient (Wildman–Crippen LogP) is 3.10. The third-order valence-electron chi connectivity index (χ3n) is 4.60. The molecule has 9 nitrogen and oxygen atoms in total. The zero-order chi connectivity index (χ0) is 23.7. The van der Waals surface area contributed by atoms with Gasteiger partial charge in [-0.15, -0.1) is 5.10 Å². The van der Waals surface area contributed by atoms with Gasteiger partial charge in [-0.3, -0.25) is 4.79 Å². The van der Waals surface area contributed by atoms with Gasteiger partial charge in [-0.1, -0.05) is 60.7 Å². The standard InChI is InChI=1S/C24H29N5O4/c1-24(2,3)33-23(31)25-20(14-18-10-6-4-7-11-18)15-21-26-27-28-29(21)16-22(30)32-17-19-12-8-5-9-13-19/h4-13,20H,14-17H2,1-3H3,(H,25,31)/t20-/m0/s1. The summed E-state index contributed by atoms with van der Waals surface area (Å²) in [4.78, 5) is 24.7. The number of benzene rings is 2. The summed E-state index contributed by atoms with van der Waals surface area (Å²) in [5, 5.41) is 14.6. The normalized spacial score (nSPS) is 12.1. The molecule has 1 N–H and O–H groups in total. The Morgan fingerprint density at radius 3 is 2.24 bits per heavy atom. The van der Waals surface area contributed by atoms with Crippen molar-refractivity contribution in [3.05, 3.63) is 77.6 Å². The molecular weight excluding hydrogens is 422 g/mol. The Morgan fingerprint density at radius 1 is 0.970 bits per heavy atom. The van der Waals surface area contributed by atoms with E-state index >= 15 is 0 Å². The van der Waals surface area contributed by atoms with Crippen molar-refractivity contribution in [2.75, 3.05) is 0 Å². The highest BCUT2D eigenvalue weighted by Crippen LogP contribution is 2.11. The summed E-state index contributed by atoms with van der Waals surface area (Å²) in [5.74, 6) is 0.00997. The van der Waals surface area contributed by atoms with Gasteiger partial charge in [-0.2, -0.15) is 0 Å². The number of amides is 1. The van der Waals surface area contributed by atoms with Crippen LogP contribution in [0.25, 0.3) is 0 Å². The largest absolute Gasteiger partial charge is 0.459 e. The van der Waals surface area contributed by atoms with Gasteiger partial charge in [0.1, 0.15) is 18.8 Å². The van der Waals surface area contributed by atoms with Crippen molar-refractivity contribution < 1.29 is 19.1 Å². The lowest BCUT2D eigenvalue weighted by molar-refractivity contribution is -0.146. The number of nitrogens with zero attached hydrogens (tertiary/aromatic N) is 4. The van der Waals surface area contributed by atoms with E-state index < -0.39 is 17.7 Å². The molecule has 0 aliphatic carbocycles. The fourth-order valence-corrected chi connectivity index (χ4v) is 3.17. The van der Waals surface area contributed by atoms with Crippen molar-refractivity contribution in [2.24, 2.45) is 0 Å². The monoisotopic (exact) mass is 451 g/mol. The molecule has 2 aromatic carbocycles. The maximum atomic E-state index is 12.4. The van der Waals surface area contributed by atoms with Gasteiger partial charge in [0.2, 0.25) is 0 Å². The van der Waals surface area contributed by atoms with Crippen LogP contribution in [0, 0.1) is 0 Å². The minimum absolute atomic E-state index is 0.125. The van der Waals surface area contributed by atoms with Crippen LogP contribution in [0.5, 0.6) is 0 Å². The molecule has 0 saturated heterocycles. The molecule has 0 unspecified atom stereocenters. The van der Waals surface area contributed by atoms with Crippen LogP contribution >= 0.6 is 0 Å². The summed E-state index contributed by atoms with van der Waals surface area (Å²) in [6.45, 7) is 5.47. The van der Waals surface area contributed by atoms with Crippen LogP contribution in [0.2, 0.25) is 0 Å². The lowest BCUT2D eigenvalue weighted by Crippen LogP contribution is -2.42. The molecule has 0 radical (unpaired) electrons. The zero-order valence-electron chi connectivity index (χ0n) is 19.1. The highest BCUT2D eigenvalue weighted by molar-refractivity contribution is 5.69. The van der Waals surface area contributed by atoms with Crippen molar-refractivity contribution in [1.82, 2.24) is 25.5 Å². The lowest BCUT2D eigenvalue weighted by atomic mass is 10.0. The van der Waals surface area contributed by atoms with Crippen LogP contribution < -0.4 is 5.32 Å². The minimum atomic E-state index is -0.620. The van der Waals surface area contributed by atoms with Crippen molar-refractivity contribution in [1.29, 1.82) is 0 Å². The number of rotatable bonds is 9. The third-order valence-corrected chi connectivity index (χ3v) is 4.60. The van der Waals surface area contributed by atoms with Crippen molar-refractivity contribution in [3.63, 3.8) is 0 Å². The van der Waals surface area contributed by atoms with Crippen molar-refractivity contribution in [2.45, 2.75) is 58.4 Å². The quantitative estimate of drug-likeness (QED) is 0.498. The Morgan fingerprint density at radius 2 is 1.61 bits per heavy atom. The molecule has 9 heteroatoms. The van der Waals surface area contributed by atoms with Gasteiger partial charge in [0, 0.05) is 12.5 Å². The molecule has 174 valence electrons. The van der Waals surface area contributed by atoms with E-state index in [0.29, 0.717) is 18.7 Å². The second-order valence-electron chi connectivity index (χ2n) is 8.64. The van der Waals surface area contributed by atoms with Gasteiger partial charge in [0.05, 0.1) is 0 Å². The van der Waals surface area contributed by atoms with E-state index in [4.69, 9.17) is 9.47 Å². The second kappa shape index (κ2) is 11.2. The molecule has 3 rings (SSSR count). The number of alkyl carbamates (subject to hydrolysis) is 1. The smallest absolute Gasteiger partial charge is 0.407 e. The van der Waals surface area contributed by atoms with Crippen LogP contribution in [0.4, 0.5) is 4.79 Å². The molecule has 0 spiro atoms. The van der Waals surface area contributed by atoms with E-state index in [9.17, 15) is 9.59 Å². The first kappa shape index (κ1) is 23.9. The van der Waals surface area contributed by atoms with E-state index in [0.717, 1.165) is 11.1 Å². The number of tetrazole rings is 1. The Balaban J connectivity index is 1.65. The SMILES string of the molecule is CC(C)(C)OC(=O)N[C@@H](Cc1ccccc1)Cc1nnnn1CC(=O)OCc1ccccc1. The summed E-state index contributed by atoms with van der Waals surface area (Å²) in [6.07, 6.45) is 0.336. The number of carbonyl (C=O) groups is 2. The molecule has 33 heavy (non-hydrogen) atoms. The average molecular weight is 452 g/mol. The van der Waals surface area contributed by atoms with Gasteiger partial charge in [-0.25, -0.2) is 9.48 Å². The number of nitrogens with one attached hydrogen (secondary N) is 1. The number of hydrogen-bond donors (Lipinski definition) is 1. The van der Waals surface area contributed by atoms with E-state index in [2.05, 4.69) is 20.8 Å². The third kappa shape index (κ3) is 8.36. The predicted molar refractivity (Wildman–Crippen MR) is 121 cm³/mol. The van der Waals surface area contributed by atoms with Crippen LogP contribution in [0.15, 0.2) is 60.7 Å². The number of aromatic nitrogens is 4. The molecule has 0 bridgehead atoms. The molecule has 1 amide bonds. The molecule has 0 aliphatic rings. The minimum Gasteiger partial charge on any atom is -0.459 e. The maximum Gasteiger partial charge on any atom is 0.407 e. The first-order chi connectivity index (χ1) is 15.8. The molecule has 1 atom stereocenters. The van der Waals surface area contributed by atoms with Crippen LogP contribution in [-0.4, -0.2) is 43.9 Å². The summed E-state index contributed by atoms with van der Waals surface area (Å²) in [6, 6.07) is 18.9. The summed E-state index contributed by atoms with van der Waals surface area (Å²) in [5.41, 5.74) is 1.32. The van der Waals surface area contributed by atoms with Gasteiger partial charge in [0.15, 0.2) is 5.82 Å². The van der Waals surface area contributed by atoms with Crippen LogP contribution in [0.1, 0.15) is 37.7 Å². The Hall–Kier alpha value is -3.75. The van der Waals surface area contributed by atoms with Crippen LogP contribution in [0.3, 0.4) is 0 Å². The number of esters is 1. The Kier molecular flexibility index (Phi) is 8.12. The molecule has 1 heterocycles. The fourth-order valence-electron chi connectivity index (χ4n) is 3.17. The van der Waals surface area contributed by atoms with E-state index in [1.165, 1.54) is 4.68 Å².